The summed E-state index contributed by atoms with van der Waals surface area (Å²) in [4.78, 5) is 15.9. The molecule has 104 valence electrons. The van der Waals surface area contributed by atoms with Gasteiger partial charge in [-0.3, -0.25) is 4.79 Å². The molecule has 0 radical (unpaired) electrons. The van der Waals surface area contributed by atoms with Crippen molar-refractivity contribution in [3.05, 3.63) is 29.0 Å². The Bertz CT molecular complexity index is 441. The maximum Gasteiger partial charge on any atom is 0.241 e. The van der Waals surface area contributed by atoms with Crippen molar-refractivity contribution in [1.29, 1.82) is 0 Å². The van der Waals surface area contributed by atoms with Gasteiger partial charge >= 0.3 is 0 Å². The minimum Gasteiger partial charge on any atom is -0.373 e. The minimum absolute atomic E-state index is 0.0348. The number of likely N-dealkylation sites (N-methyl/N-ethyl adjacent to an activating group) is 1. The Morgan fingerprint density at radius 2 is 2.05 bits per heavy atom. The summed E-state index contributed by atoms with van der Waals surface area (Å²) in [6, 6.07) is 4.44. The van der Waals surface area contributed by atoms with Crippen LogP contribution in [0.1, 0.15) is 0 Å². The lowest BCUT2D eigenvalue weighted by Gasteiger charge is -2.32. The van der Waals surface area contributed by atoms with Crippen LogP contribution in [-0.4, -0.2) is 55.5 Å². The largest absolute Gasteiger partial charge is 0.373 e. The van der Waals surface area contributed by atoms with E-state index in [4.69, 9.17) is 11.6 Å². The third-order valence-electron chi connectivity index (χ3n) is 3.24. The van der Waals surface area contributed by atoms with Crippen molar-refractivity contribution in [2.24, 2.45) is 0 Å². The summed E-state index contributed by atoms with van der Waals surface area (Å²) >= 11 is 5.88. The van der Waals surface area contributed by atoms with Crippen LogP contribution in [0.5, 0.6) is 0 Å². The van der Waals surface area contributed by atoms with Gasteiger partial charge in [-0.1, -0.05) is 17.7 Å². The number of hydrogen-bond donors (Lipinski definition) is 1. The van der Waals surface area contributed by atoms with Crippen LogP contribution in [0.25, 0.3) is 0 Å². The molecular weight excluding hydrogens is 269 g/mol. The number of carbonyl (C=O) groups is 1. The highest BCUT2D eigenvalue weighted by Crippen LogP contribution is 2.24. The maximum absolute atomic E-state index is 13.5. The summed E-state index contributed by atoms with van der Waals surface area (Å²) < 4.78 is 13.5. The highest BCUT2D eigenvalue weighted by Gasteiger charge is 2.19. The van der Waals surface area contributed by atoms with E-state index in [0.29, 0.717) is 13.1 Å². The van der Waals surface area contributed by atoms with Crippen molar-refractivity contribution in [1.82, 2.24) is 9.80 Å². The van der Waals surface area contributed by atoms with Gasteiger partial charge in [-0.05, 0) is 19.2 Å². The molecule has 0 spiro atoms. The number of hydrogen-bond acceptors (Lipinski definition) is 3. The lowest BCUT2D eigenvalue weighted by atomic mass is 10.3. The first-order chi connectivity index (χ1) is 9.08. The van der Waals surface area contributed by atoms with E-state index < -0.39 is 5.82 Å². The van der Waals surface area contributed by atoms with Gasteiger partial charge in [-0.25, -0.2) is 4.39 Å². The van der Waals surface area contributed by atoms with Gasteiger partial charge < -0.3 is 15.1 Å². The molecule has 2 rings (SSSR count). The third-order valence-corrected chi connectivity index (χ3v) is 3.55. The zero-order chi connectivity index (χ0) is 13.8. The molecule has 1 aromatic rings. The molecular formula is C13H17ClFN3O. The number of rotatable bonds is 3. The van der Waals surface area contributed by atoms with Crippen LogP contribution in [-0.2, 0) is 4.79 Å². The van der Waals surface area contributed by atoms with Crippen molar-refractivity contribution in [2.75, 3.05) is 45.1 Å². The van der Waals surface area contributed by atoms with Crippen molar-refractivity contribution in [3.8, 4) is 0 Å². The van der Waals surface area contributed by atoms with Gasteiger partial charge in [0.1, 0.15) is 5.82 Å². The number of nitrogens with one attached hydrogen (secondary N) is 1. The number of anilines is 1. The molecule has 0 atom stereocenters. The smallest absolute Gasteiger partial charge is 0.241 e. The second kappa shape index (κ2) is 6.21. The number of amides is 1. The zero-order valence-electron chi connectivity index (χ0n) is 10.8. The van der Waals surface area contributed by atoms with E-state index in [0.717, 1.165) is 13.1 Å². The fourth-order valence-corrected chi connectivity index (χ4v) is 2.23. The monoisotopic (exact) mass is 285 g/mol. The van der Waals surface area contributed by atoms with Gasteiger partial charge in [0.25, 0.3) is 0 Å². The fourth-order valence-electron chi connectivity index (χ4n) is 2.00. The third kappa shape index (κ3) is 3.58. The molecule has 1 aromatic carbocycles. The molecule has 19 heavy (non-hydrogen) atoms. The summed E-state index contributed by atoms with van der Waals surface area (Å²) in [5.74, 6) is -0.480. The normalized spacial score (nSPS) is 16.5. The molecule has 4 nitrogen and oxygen atoms in total. The minimum atomic E-state index is -0.446. The Morgan fingerprint density at radius 3 is 2.68 bits per heavy atom. The number of benzene rings is 1. The zero-order valence-corrected chi connectivity index (χ0v) is 11.6. The summed E-state index contributed by atoms with van der Waals surface area (Å²) in [6.45, 7) is 3.22. The number of halogens is 2. The van der Waals surface area contributed by atoms with E-state index in [1.165, 1.54) is 12.1 Å². The van der Waals surface area contributed by atoms with E-state index in [1.54, 1.807) is 11.0 Å². The van der Waals surface area contributed by atoms with E-state index in [-0.39, 0.29) is 23.2 Å². The molecule has 0 bridgehead atoms. The summed E-state index contributed by atoms with van der Waals surface area (Å²) in [5.41, 5.74) is 0.187. The molecule has 0 unspecified atom stereocenters. The number of para-hydroxylation sites is 1. The first-order valence-corrected chi connectivity index (χ1v) is 6.60. The van der Waals surface area contributed by atoms with E-state index >= 15 is 0 Å². The molecule has 1 fully saturated rings. The van der Waals surface area contributed by atoms with Crippen molar-refractivity contribution in [2.45, 2.75) is 0 Å². The van der Waals surface area contributed by atoms with Gasteiger partial charge in [0.05, 0.1) is 17.3 Å². The topological polar surface area (TPSA) is 35.6 Å². The Morgan fingerprint density at radius 1 is 1.37 bits per heavy atom. The average Bonchev–Trinajstić information content (AvgIpc) is 2.38. The molecule has 0 saturated carbocycles. The van der Waals surface area contributed by atoms with Crippen molar-refractivity contribution < 1.29 is 9.18 Å². The molecule has 1 saturated heterocycles. The van der Waals surface area contributed by atoms with E-state index in [9.17, 15) is 9.18 Å². The van der Waals surface area contributed by atoms with Crippen LogP contribution < -0.4 is 5.32 Å². The molecule has 0 aliphatic carbocycles. The van der Waals surface area contributed by atoms with Gasteiger partial charge in [0.2, 0.25) is 5.91 Å². The standard InChI is InChI=1S/C13H17ClFN3O/c1-17-5-7-18(8-6-17)12(19)9-16-13-10(14)3-2-4-11(13)15/h2-4,16H,5-9H2,1H3. The van der Waals surface area contributed by atoms with Gasteiger partial charge in [-0.2, -0.15) is 0 Å². The van der Waals surface area contributed by atoms with Crippen LogP contribution in [0.4, 0.5) is 10.1 Å². The van der Waals surface area contributed by atoms with Crippen LogP contribution in [0, 0.1) is 5.82 Å². The fraction of sp³-hybridized carbons (Fsp3) is 0.462. The molecule has 1 aliphatic rings. The predicted octanol–water partition coefficient (Wildman–Crippen LogP) is 1.66. The highest BCUT2D eigenvalue weighted by molar-refractivity contribution is 6.33. The first kappa shape index (κ1) is 14.1. The second-order valence-electron chi connectivity index (χ2n) is 4.63. The summed E-state index contributed by atoms with van der Waals surface area (Å²) in [7, 11) is 2.03. The quantitative estimate of drug-likeness (QED) is 0.918. The predicted molar refractivity (Wildman–Crippen MR) is 74.0 cm³/mol. The first-order valence-electron chi connectivity index (χ1n) is 6.22. The van der Waals surface area contributed by atoms with Crippen LogP contribution in [0.3, 0.4) is 0 Å². The molecule has 1 heterocycles. The average molecular weight is 286 g/mol. The molecule has 1 N–H and O–H groups in total. The van der Waals surface area contributed by atoms with Crippen LogP contribution in [0.15, 0.2) is 18.2 Å². The Labute approximate surface area is 117 Å². The Hall–Kier alpha value is -1.33. The van der Waals surface area contributed by atoms with Gasteiger partial charge in [0, 0.05) is 26.2 Å². The van der Waals surface area contributed by atoms with Crippen LogP contribution in [0.2, 0.25) is 5.02 Å². The van der Waals surface area contributed by atoms with Gasteiger partial charge in [-0.15, -0.1) is 0 Å². The molecule has 1 amide bonds. The molecule has 0 aromatic heterocycles. The Kier molecular flexibility index (Phi) is 4.61. The summed E-state index contributed by atoms with van der Waals surface area (Å²) in [6.07, 6.45) is 0. The Balaban J connectivity index is 1.90. The number of carbonyl (C=O) groups excluding carboxylic acids is 1. The molecule has 1 aliphatic heterocycles. The number of nitrogens with zero attached hydrogens (tertiary/aromatic N) is 2. The number of piperazine rings is 1. The maximum atomic E-state index is 13.5. The van der Waals surface area contributed by atoms with Gasteiger partial charge in [0.15, 0.2) is 0 Å². The van der Waals surface area contributed by atoms with E-state index in [2.05, 4.69) is 10.2 Å². The second-order valence-corrected chi connectivity index (χ2v) is 5.04. The van der Waals surface area contributed by atoms with Crippen molar-refractivity contribution in [3.63, 3.8) is 0 Å². The van der Waals surface area contributed by atoms with Crippen molar-refractivity contribution >= 4 is 23.2 Å². The lowest BCUT2D eigenvalue weighted by Crippen LogP contribution is -2.48. The summed E-state index contributed by atoms with van der Waals surface area (Å²) in [5, 5.41) is 3.06. The lowest BCUT2D eigenvalue weighted by molar-refractivity contribution is -0.130. The SMILES string of the molecule is CN1CCN(C(=O)CNc2c(F)cccc2Cl)CC1. The highest BCUT2D eigenvalue weighted by atomic mass is 35.5. The van der Waals surface area contributed by atoms with Crippen LogP contribution >= 0.6 is 11.6 Å². The molecule has 6 heteroatoms. The van der Waals surface area contributed by atoms with E-state index in [1.807, 2.05) is 7.05 Å².